The minimum Gasteiger partial charge on any atom is -0.396 e. The van der Waals surface area contributed by atoms with Crippen molar-refractivity contribution in [2.75, 3.05) is 30.3 Å². The Balaban J connectivity index is 1.90. The van der Waals surface area contributed by atoms with Gasteiger partial charge in [0.25, 0.3) is 0 Å². The van der Waals surface area contributed by atoms with Gasteiger partial charge in [-0.2, -0.15) is 4.98 Å². The van der Waals surface area contributed by atoms with E-state index in [0.717, 1.165) is 30.9 Å². The van der Waals surface area contributed by atoms with Gasteiger partial charge in [-0.3, -0.25) is 0 Å². The predicted molar refractivity (Wildman–Crippen MR) is 70.3 cm³/mol. The number of fused-ring (bicyclic) bond motifs is 1. The number of aryl methyl sites for hydroxylation is 1. The summed E-state index contributed by atoms with van der Waals surface area (Å²) in [5, 5.41) is 9.73. The SMILES string of the molecule is Cc1cnc(N)nc1N1C[C@H]2CCC[C@@]2(CO)C1. The summed E-state index contributed by atoms with van der Waals surface area (Å²) >= 11 is 0. The monoisotopic (exact) mass is 248 g/mol. The van der Waals surface area contributed by atoms with E-state index in [1.165, 1.54) is 12.8 Å². The van der Waals surface area contributed by atoms with Crippen LogP contribution in [0.2, 0.25) is 0 Å². The van der Waals surface area contributed by atoms with E-state index >= 15 is 0 Å². The van der Waals surface area contributed by atoms with Gasteiger partial charge in [-0.25, -0.2) is 4.98 Å². The minimum atomic E-state index is 0.0894. The fraction of sp³-hybridized carbons (Fsp3) is 0.692. The molecule has 0 radical (unpaired) electrons. The molecular formula is C13H20N4O. The van der Waals surface area contributed by atoms with Crippen LogP contribution in [0.5, 0.6) is 0 Å². The Morgan fingerprint density at radius 3 is 3.17 bits per heavy atom. The molecule has 0 aromatic carbocycles. The van der Waals surface area contributed by atoms with Crippen molar-refractivity contribution in [3.8, 4) is 0 Å². The van der Waals surface area contributed by atoms with Crippen LogP contribution < -0.4 is 10.6 Å². The van der Waals surface area contributed by atoms with Crippen LogP contribution in [-0.4, -0.2) is 34.8 Å². The second-order valence-corrected chi connectivity index (χ2v) is 5.72. The summed E-state index contributed by atoms with van der Waals surface area (Å²) in [6.07, 6.45) is 5.36. The van der Waals surface area contributed by atoms with E-state index in [4.69, 9.17) is 5.73 Å². The number of nitrogen functional groups attached to an aromatic ring is 1. The highest BCUT2D eigenvalue weighted by Gasteiger charge is 2.49. The van der Waals surface area contributed by atoms with E-state index in [0.29, 0.717) is 11.9 Å². The molecule has 1 aliphatic heterocycles. The van der Waals surface area contributed by atoms with E-state index in [-0.39, 0.29) is 12.0 Å². The molecule has 0 spiro atoms. The van der Waals surface area contributed by atoms with Crippen LogP contribution in [0.3, 0.4) is 0 Å². The van der Waals surface area contributed by atoms with Crippen LogP contribution in [0.15, 0.2) is 6.20 Å². The fourth-order valence-electron chi connectivity index (χ4n) is 3.60. The normalized spacial score (nSPS) is 30.8. The molecule has 2 fully saturated rings. The first-order chi connectivity index (χ1) is 8.64. The van der Waals surface area contributed by atoms with Gasteiger partial charge in [-0.15, -0.1) is 0 Å². The standard InChI is InChI=1S/C13H20N4O/c1-9-5-15-12(14)16-11(9)17-6-10-3-2-4-13(10,7-17)8-18/h5,10,18H,2-4,6-8H2,1H3,(H2,14,15,16)/t10-,13+/m1/s1. The lowest BCUT2D eigenvalue weighted by molar-refractivity contribution is 0.121. The van der Waals surface area contributed by atoms with Gasteiger partial charge in [0, 0.05) is 30.3 Å². The molecule has 2 aliphatic rings. The molecule has 18 heavy (non-hydrogen) atoms. The van der Waals surface area contributed by atoms with E-state index in [1.54, 1.807) is 6.20 Å². The van der Waals surface area contributed by atoms with Crippen molar-refractivity contribution in [1.82, 2.24) is 9.97 Å². The quantitative estimate of drug-likeness (QED) is 0.815. The number of rotatable bonds is 2. The molecule has 3 rings (SSSR count). The molecule has 0 unspecified atom stereocenters. The molecule has 1 aromatic heterocycles. The van der Waals surface area contributed by atoms with Gasteiger partial charge in [0.15, 0.2) is 0 Å². The van der Waals surface area contributed by atoms with Gasteiger partial charge in [-0.1, -0.05) is 6.42 Å². The highest BCUT2D eigenvalue weighted by molar-refractivity contribution is 5.49. The lowest BCUT2D eigenvalue weighted by atomic mass is 9.82. The summed E-state index contributed by atoms with van der Waals surface area (Å²) in [7, 11) is 0. The van der Waals surface area contributed by atoms with Gasteiger partial charge in [0.05, 0.1) is 6.61 Å². The lowest BCUT2D eigenvalue weighted by Gasteiger charge is -2.26. The second kappa shape index (κ2) is 4.09. The van der Waals surface area contributed by atoms with E-state index in [2.05, 4.69) is 14.9 Å². The molecule has 2 heterocycles. The van der Waals surface area contributed by atoms with Gasteiger partial charge in [-0.05, 0) is 25.7 Å². The van der Waals surface area contributed by atoms with Crippen LogP contribution in [0.1, 0.15) is 24.8 Å². The molecule has 1 aliphatic carbocycles. The molecule has 1 aromatic rings. The Bertz CT molecular complexity index is 464. The van der Waals surface area contributed by atoms with E-state index in [1.807, 2.05) is 6.92 Å². The van der Waals surface area contributed by atoms with Crippen LogP contribution in [-0.2, 0) is 0 Å². The van der Waals surface area contributed by atoms with Gasteiger partial charge < -0.3 is 15.7 Å². The van der Waals surface area contributed by atoms with E-state index in [9.17, 15) is 5.11 Å². The number of hydrogen-bond donors (Lipinski definition) is 2. The Labute approximate surface area is 107 Å². The zero-order valence-corrected chi connectivity index (χ0v) is 10.8. The number of aliphatic hydroxyl groups is 1. The van der Waals surface area contributed by atoms with Crippen molar-refractivity contribution in [3.05, 3.63) is 11.8 Å². The van der Waals surface area contributed by atoms with Crippen molar-refractivity contribution in [3.63, 3.8) is 0 Å². The molecule has 1 saturated carbocycles. The third-order valence-electron chi connectivity index (χ3n) is 4.62. The molecular weight excluding hydrogens is 228 g/mol. The third-order valence-corrected chi connectivity index (χ3v) is 4.62. The molecule has 1 saturated heterocycles. The highest BCUT2D eigenvalue weighted by atomic mass is 16.3. The Morgan fingerprint density at radius 1 is 1.61 bits per heavy atom. The highest BCUT2D eigenvalue weighted by Crippen LogP contribution is 2.49. The average molecular weight is 248 g/mol. The minimum absolute atomic E-state index is 0.0894. The zero-order chi connectivity index (χ0) is 12.8. The Hall–Kier alpha value is -1.36. The number of aromatic nitrogens is 2. The number of hydrogen-bond acceptors (Lipinski definition) is 5. The summed E-state index contributed by atoms with van der Waals surface area (Å²) in [6, 6.07) is 0. The van der Waals surface area contributed by atoms with E-state index < -0.39 is 0 Å². The van der Waals surface area contributed by atoms with Gasteiger partial charge in [0.1, 0.15) is 5.82 Å². The summed E-state index contributed by atoms with van der Waals surface area (Å²) in [5.41, 5.74) is 6.82. The third kappa shape index (κ3) is 1.65. The Morgan fingerprint density at radius 2 is 2.44 bits per heavy atom. The second-order valence-electron chi connectivity index (χ2n) is 5.72. The van der Waals surface area contributed by atoms with Crippen LogP contribution >= 0.6 is 0 Å². The number of aliphatic hydroxyl groups excluding tert-OH is 1. The summed E-state index contributed by atoms with van der Waals surface area (Å²) in [5.74, 6) is 1.86. The zero-order valence-electron chi connectivity index (χ0n) is 10.8. The maximum Gasteiger partial charge on any atom is 0.221 e. The summed E-state index contributed by atoms with van der Waals surface area (Å²) < 4.78 is 0. The van der Waals surface area contributed by atoms with Crippen molar-refractivity contribution in [1.29, 1.82) is 0 Å². The summed E-state index contributed by atoms with van der Waals surface area (Å²) in [6.45, 7) is 4.17. The van der Waals surface area contributed by atoms with Crippen LogP contribution in [0.25, 0.3) is 0 Å². The predicted octanol–water partition coefficient (Wildman–Crippen LogP) is 0.966. The molecule has 3 N–H and O–H groups in total. The summed E-state index contributed by atoms with van der Waals surface area (Å²) in [4.78, 5) is 10.6. The Kier molecular flexibility index (Phi) is 2.66. The van der Waals surface area contributed by atoms with Crippen molar-refractivity contribution < 1.29 is 5.11 Å². The van der Waals surface area contributed by atoms with Crippen LogP contribution in [0, 0.1) is 18.3 Å². The van der Waals surface area contributed by atoms with Crippen molar-refractivity contribution in [2.24, 2.45) is 11.3 Å². The lowest BCUT2D eigenvalue weighted by Crippen LogP contribution is -2.31. The average Bonchev–Trinajstić information content (AvgIpc) is 2.89. The molecule has 0 bridgehead atoms. The van der Waals surface area contributed by atoms with Gasteiger partial charge >= 0.3 is 0 Å². The smallest absolute Gasteiger partial charge is 0.221 e. The number of nitrogens with zero attached hydrogens (tertiary/aromatic N) is 3. The molecule has 98 valence electrons. The van der Waals surface area contributed by atoms with Crippen molar-refractivity contribution in [2.45, 2.75) is 26.2 Å². The van der Waals surface area contributed by atoms with Crippen LogP contribution in [0.4, 0.5) is 11.8 Å². The first-order valence-corrected chi connectivity index (χ1v) is 6.59. The number of anilines is 2. The largest absolute Gasteiger partial charge is 0.396 e. The first kappa shape index (κ1) is 11.7. The molecule has 0 amide bonds. The topological polar surface area (TPSA) is 75.3 Å². The van der Waals surface area contributed by atoms with Gasteiger partial charge in [0.2, 0.25) is 5.95 Å². The molecule has 5 heteroatoms. The first-order valence-electron chi connectivity index (χ1n) is 6.59. The fourth-order valence-corrected chi connectivity index (χ4v) is 3.60. The maximum atomic E-state index is 9.73. The number of nitrogens with two attached hydrogens (primary N) is 1. The maximum absolute atomic E-state index is 9.73. The molecule has 5 nitrogen and oxygen atoms in total. The molecule has 2 atom stereocenters. The van der Waals surface area contributed by atoms with Crippen molar-refractivity contribution >= 4 is 11.8 Å².